The van der Waals surface area contributed by atoms with E-state index in [-0.39, 0.29) is 5.91 Å². The quantitative estimate of drug-likeness (QED) is 0.832. The summed E-state index contributed by atoms with van der Waals surface area (Å²) in [6.07, 6.45) is 3.03. The van der Waals surface area contributed by atoms with Crippen LogP contribution in [0.4, 0.5) is 10.5 Å². The third kappa shape index (κ3) is 4.50. The Morgan fingerprint density at radius 3 is 2.81 bits per heavy atom. The molecule has 1 aliphatic heterocycles. The lowest BCUT2D eigenvalue weighted by molar-refractivity contribution is -0.128. The number of aromatic nitrogens is 1. The van der Waals surface area contributed by atoms with Gasteiger partial charge in [0.15, 0.2) is 0 Å². The van der Waals surface area contributed by atoms with Crippen molar-refractivity contribution in [3.05, 3.63) is 54.4 Å². The second-order valence-corrected chi connectivity index (χ2v) is 6.12. The van der Waals surface area contributed by atoms with E-state index in [4.69, 9.17) is 4.74 Å². The Morgan fingerprint density at radius 2 is 2.08 bits per heavy atom. The molecule has 3 rings (SSSR count). The number of nitrogens with zero attached hydrogens (tertiary/aromatic N) is 2. The van der Waals surface area contributed by atoms with Crippen molar-refractivity contribution in [1.29, 1.82) is 0 Å². The summed E-state index contributed by atoms with van der Waals surface area (Å²) in [5.74, 6) is 0.508. The number of ether oxygens (including phenoxy) is 1. The van der Waals surface area contributed by atoms with Gasteiger partial charge in [-0.1, -0.05) is 18.2 Å². The number of para-hydroxylation sites is 2. The van der Waals surface area contributed by atoms with E-state index in [1.165, 1.54) is 0 Å². The molecule has 2 heterocycles. The lowest BCUT2D eigenvalue weighted by Crippen LogP contribution is -2.42. The molecule has 0 bridgehead atoms. The van der Waals surface area contributed by atoms with Gasteiger partial charge in [-0.2, -0.15) is 0 Å². The smallest absolute Gasteiger partial charge is 0.319 e. The lowest BCUT2D eigenvalue weighted by atomic mass is 10.2. The van der Waals surface area contributed by atoms with Crippen molar-refractivity contribution in [3.63, 3.8) is 0 Å². The Labute approximate surface area is 152 Å². The normalized spacial score (nSPS) is 16.4. The van der Waals surface area contributed by atoms with E-state index in [2.05, 4.69) is 15.6 Å². The third-order valence-corrected chi connectivity index (χ3v) is 4.21. The van der Waals surface area contributed by atoms with Crippen LogP contribution in [-0.4, -0.2) is 48.1 Å². The number of urea groups is 1. The fourth-order valence-corrected chi connectivity index (χ4v) is 2.78. The zero-order chi connectivity index (χ0) is 18.4. The maximum absolute atomic E-state index is 12.2. The summed E-state index contributed by atoms with van der Waals surface area (Å²) in [5, 5.41) is 5.47. The first kappa shape index (κ1) is 17.7. The van der Waals surface area contributed by atoms with Crippen LogP contribution in [0.2, 0.25) is 0 Å². The van der Waals surface area contributed by atoms with Gasteiger partial charge in [0.25, 0.3) is 0 Å². The summed E-state index contributed by atoms with van der Waals surface area (Å²) in [5.41, 5.74) is 1.50. The molecule has 2 aromatic rings. The molecule has 1 saturated heterocycles. The average Bonchev–Trinajstić information content (AvgIpc) is 2.96. The van der Waals surface area contributed by atoms with Crippen molar-refractivity contribution >= 4 is 17.6 Å². The summed E-state index contributed by atoms with van der Waals surface area (Å²) in [7, 11) is 1.73. The topological polar surface area (TPSA) is 83.6 Å². The standard InChI is InChI=1S/C19H22N4O3/c1-23-12-9-16(18(23)24)22-19(25)21-15-7-2-3-8-17(15)26-13-10-14-6-4-5-11-20-14/h2-8,11,16H,9-10,12-13H2,1H3,(H2,21,22,25)/t16-/m1/s1. The zero-order valence-corrected chi connectivity index (χ0v) is 14.6. The Hall–Kier alpha value is -3.09. The third-order valence-electron chi connectivity index (χ3n) is 4.21. The SMILES string of the molecule is CN1CC[C@@H](NC(=O)Nc2ccccc2OCCc2ccccn2)C1=O. The first-order valence-corrected chi connectivity index (χ1v) is 8.58. The van der Waals surface area contributed by atoms with E-state index in [1.807, 2.05) is 30.3 Å². The molecule has 0 unspecified atom stereocenters. The van der Waals surface area contributed by atoms with Crippen LogP contribution in [0.5, 0.6) is 5.75 Å². The molecule has 1 aromatic heterocycles. The number of likely N-dealkylation sites (N-methyl/N-ethyl adjacent to an activating group) is 1. The second-order valence-electron chi connectivity index (χ2n) is 6.12. The van der Waals surface area contributed by atoms with E-state index >= 15 is 0 Å². The van der Waals surface area contributed by atoms with Crippen LogP contribution < -0.4 is 15.4 Å². The average molecular weight is 354 g/mol. The molecule has 0 radical (unpaired) electrons. The number of amides is 3. The minimum atomic E-state index is -0.475. The molecule has 2 N–H and O–H groups in total. The number of pyridine rings is 1. The molecule has 0 spiro atoms. The first-order chi connectivity index (χ1) is 12.6. The molecular formula is C19H22N4O3. The van der Waals surface area contributed by atoms with Gasteiger partial charge in [-0.05, 0) is 30.7 Å². The van der Waals surface area contributed by atoms with Gasteiger partial charge in [0.1, 0.15) is 11.8 Å². The van der Waals surface area contributed by atoms with E-state index in [9.17, 15) is 9.59 Å². The number of hydrogen-bond acceptors (Lipinski definition) is 4. The molecular weight excluding hydrogens is 332 g/mol. The highest BCUT2D eigenvalue weighted by atomic mass is 16.5. The van der Waals surface area contributed by atoms with Crippen molar-refractivity contribution in [2.75, 3.05) is 25.5 Å². The van der Waals surface area contributed by atoms with Gasteiger partial charge < -0.3 is 20.3 Å². The highest BCUT2D eigenvalue weighted by Crippen LogP contribution is 2.24. The maximum Gasteiger partial charge on any atom is 0.319 e. The number of rotatable bonds is 6. The Morgan fingerprint density at radius 1 is 1.27 bits per heavy atom. The largest absolute Gasteiger partial charge is 0.491 e. The predicted molar refractivity (Wildman–Crippen MR) is 98.1 cm³/mol. The highest BCUT2D eigenvalue weighted by Gasteiger charge is 2.30. The summed E-state index contributed by atoms with van der Waals surface area (Å²) in [4.78, 5) is 30.0. The van der Waals surface area contributed by atoms with Crippen molar-refractivity contribution in [2.24, 2.45) is 0 Å². The van der Waals surface area contributed by atoms with Crippen LogP contribution in [0.15, 0.2) is 48.7 Å². The molecule has 7 heteroatoms. The van der Waals surface area contributed by atoms with E-state index in [1.54, 1.807) is 30.3 Å². The molecule has 3 amide bonds. The number of anilines is 1. The van der Waals surface area contributed by atoms with Gasteiger partial charge in [0, 0.05) is 31.9 Å². The van der Waals surface area contributed by atoms with Crippen LogP contribution in [0, 0.1) is 0 Å². The Bertz CT molecular complexity index is 766. The summed E-state index contributed by atoms with van der Waals surface area (Å²) in [6, 6.07) is 12.1. The zero-order valence-electron chi connectivity index (χ0n) is 14.6. The number of nitrogens with one attached hydrogen (secondary N) is 2. The predicted octanol–water partition coefficient (Wildman–Crippen LogP) is 2.06. The molecule has 1 fully saturated rings. The lowest BCUT2D eigenvalue weighted by Gasteiger charge is -2.15. The second kappa shape index (κ2) is 8.33. The molecule has 136 valence electrons. The summed E-state index contributed by atoms with van der Waals surface area (Å²) >= 11 is 0. The van der Waals surface area contributed by atoms with E-state index < -0.39 is 12.1 Å². The molecule has 0 aliphatic carbocycles. The number of benzene rings is 1. The van der Waals surface area contributed by atoms with Crippen molar-refractivity contribution in [1.82, 2.24) is 15.2 Å². The van der Waals surface area contributed by atoms with Crippen LogP contribution in [0.25, 0.3) is 0 Å². The van der Waals surface area contributed by atoms with Crippen LogP contribution in [0.1, 0.15) is 12.1 Å². The molecule has 26 heavy (non-hydrogen) atoms. The number of carbonyl (C=O) groups excluding carboxylic acids is 2. The van der Waals surface area contributed by atoms with Crippen LogP contribution in [-0.2, 0) is 11.2 Å². The van der Waals surface area contributed by atoms with Crippen molar-refractivity contribution < 1.29 is 14.3 Å². The fraction of sp³-hybridized carbons (Fsp3) is 0.316. The molecule has 1 aromatic carbocycles. The van der Waals surface area contributed by atoms with E-state index in [0.29, 0.717) is 37.4 Å². The van der Waals surface area contributed by atoms with Gasteiger partial charge in [-0.15, -0.1) is 0 Å². The molecule has 1 atom stereocenters. The number of likely N-dealkylation sites (tertiary alicyclic amines) is 1. The Kier molecular flexibility index (Phi) is 5.68. The fourth-order valence-electron chi connectivity index (χ4n) is 2.78. The molecule has 7 nitrogen and oxygen atoms in total. The van der Waals surface area contributed by atoms with Gasteiger partial charge in [0.05, 0.1) is 12.3 Å². The van der Waals surface area contributed by atoms with Gasteiger partial charge in [-0.25, -0.2) is 4.79 Å². The van der Waals surface area contributed by atoms with Crippen molar-refractivity contribution in [2.45, 2.75) is 18.9 Å². The van der Waals surface area contributed by atoms with Gasteiger partial charge >= 0.3 is 6.03 Å². The van der Waals surface area contributed by atoms with Gasteiger partial charge in [-0.3, -0.25) is 9.78 Å². The number of hydrogen-bond donors (Lipinski definition) is 2. The molecule has 1 aliphatic rings. The maximum atomic E-state index is 12.2. The van der Waals surface area contributed by atoms with E-state index in [0.717, 1.165) is 5.69 Å². The first-order valence-electron chi connectivity index (χ1n) is 8.58. The van der Waals surface area contributed by atoms with Crippen molar-refractivity contribution in [3.8, 4) is 5.75 Å². The molecule has 0 saturated carbocycles. The number of carbonyl (C=O) groups is 2. The summed E-state index contributed by atoms with van der Waals surface area (Å²) < 4.78 is 5.79. The minimum Gasteiger partial charge on any atom is -0.491 e. The van der Waals surface area contributed by atoms with Crippen LogP contribution in [0.3, 0.4) is 0 Å². The Balaban J connectivity index is 1.55. The highest BCUT2D eigenvalue weighted by molar-refractivity contribution is 5.95. The van der Waals surface area contributed by atoms with Crippen LogP contribution >= 0.6 is 0 Å². The van der Waals surface area contributed by atoms with Gasteiger partial charge in [0.2, 0.25) is 5.91 Å². The minimum absolute atomic E-state index is 0.0694. The monoisotopic (exact) mass is 354 g/mol. The summed E-state index contributed by atoms with van der Waals surface area (Å²) in [6.45, 7) is 1.10.